The molecule has 4 rings (SSSR count). The van der Waals surface area contributed by atoms with Crippen molar-refractivity contribution in [1.82, 2.24) is 14.1 Å². The minimum Gasteiger partial charge on any atom is -0.488 e. The Morgan fingerprint density at radius 2 is 1.86 bits per heavy atom. The Balaban J connectivity index is 1.56. The smallest absolute Gasteiger partial charge is 0.242 e. The molecule has 11 nitrogen and oxygen atoms in total. The van der Waals surface area contributed by atoms with Gasteiger partial charge in [0.2, 0.25) is 21.8 Å². The molecule has 2 heterocycles. The average molecular weight is 617 g/mol. The molecule has 43 heavy (non-hydrogen) atoms. The van der Waals surface area contributed by atoms with Crippen molar-refractivity contribution in [3.8, 4) is 5.75 Å². The lowest BCUT2D eigenvalue weighted by Crippen LogP contribution is -2.48. The normalized spacial score (nSPS) is 20.9. The third-order valence-corrected chi connectivity index (χ3v) is 9.96. The van der Waals surface area contributed by atoms with Crippen LogP contribution in [0.25, 0.3) is 0 Å². The molecule has 1 fully saturated rings. The Bertz CT molecular complexity index is 1360. The molecule has 2 amide bonds. The first-order valence-electron chi connectivity index (χ1n) is 14.8. The Morgan fingerprint density at radius 3 is 2.53 bits per heavy atom. The first-order valence-corrected chi connectivity index (χ1v) is 16.2. The third-order valence-electron chi connectivity index (χ3n) is 8.13. The molecule has 0 spiro atoms. The van der Waals surface area contributed by atoms with E-state index in [1.807, 2.05) is 13.8 Å². The van der Waals surface area contributed by atoms with Crippen LogP contribution in [0.4, 0.5) is 5.69 Å². The van der Waals surface area contributed by atoms with E-state index in [-0.39, 0.29) is 48.7 Å². The zero-order valence-electron chi connectivity index (χ0n) is 25.5. The number of ether oxygens (including phenoxy) is 2. The molecule has 0 aromatic heterocycles. The number of fused-ring (bicyclic) bond motifs is 1. The highest BCUT2D eigenvalue weighted by Crippen LogP contribution is 2.30. The van der Waals surface area contributed by atoms with Crippen LogP contribution in [0, 0.1) is 12.8 Å². The molecule has 1 saturated heterocycles. The van der Waals surface area contributed by atoms with Gasteiger partial charge >= 0.3 is 0 Å². The first-order chi connectivity index (χ1) is 20.5. The largest absolute Gasteiger partial charge is 0.488 e. The number of aryl methyl sites for hydroxylation is 1. The predicted octanol–water partition coefficient (Wildman–Crippen LogP) is 2.13. The van der Waals surface area contributed by atoms with Gasteiger partial charge in [0.1, 0.15) is 11.9 Å². The standard InChI is InChI=1S/C31H44N4O7S/c1-22-5-8-27(9-6-22)43(39,40)33(4)20-29-23(2)19-35(24(3)21-36)31(38)18-25-17-26(7-10-28(25)42-29)32-30(37)11-12-34-13-15-41-16-14-34/h5-10,17,23-24,29,36H,11-16,18-21H2,1-4H3,(H,32,37)/t23-,24-,29+/m1/s1. The van der Waals surface area contributed by atoms with Gasteiger partial charge in [-0.2, -0.15) is 4.31 Å². The van der Waals surface area contributed by atoms with Crippen molar-refractivity contribution in [2.24, 2.45) is 5.92 Å². The van der Waals surface area contributed by atoms with Crippen molar-refractivity contribution in [3.63, 3.8) is 0 Å². The summed E-state index contributed by atoms with van der Waals surface area (Å²) in [6.07, 6.45) is -0.263. The SMILES string of the molecule is Cc1ccc(S(=O)(=O)N(C)C[C@@H]2Oc3ccc(NC(=O)CCN4CCOCC4)cc3CC(=O)N([C@H](C)CO)C[C@H]2C)cc1. The minimum absolute atomic E-state index is 0.00804. The fourth-order valence-corrected chi connectivity index (χ4v) is 6.46. The number of likely N-dealkylation sites (N-methyl/N-ethyl adjacent to an activating group) is 1. The molecule has 236 valence electrons. The second kappa shape index (κ2) is 14.6. The highest BCUT2D eigenvalue weighted by atomic mass is 32.2. The topological polar surface area (TPSA) is 129 Å². The van der Waals surface area contributed by atoms with E-state index in [2.05, 4.69) is 10.2 Å². The van der Waals surface area contributed by atoms with Gasteiger partial charge in [0.15, 0.2) is 0 Å². The number of nitrogens with zero attached hydrogens (tertiary/aromatic N) is 3. The lowest BCUT2D eigenvalue weighted by atomic mass is 10.0. The number of carbonyl (C=O) groups excluding carboxylic acids is 2. The Kier molecular flexibility index (Phi) is 11.2. The van der Waals surface area contributed by atoms with Crippen molar-refractivity contribution in [2.75, 3.05) is 64.9 Å². The fraction of sp³-hybridized carbons (Fsp3) is 0.548. The van der Waals surface area contributed by atoms with E-state index < -0.39 is 22.2 Å². The van der Waals surface area contributed by atoms with E-state index in [4.69, 9.17) is 9.47 Å². The third kappa shape index (κ3) is 8.54. The minimum atomic E-state index is -3.79. The van der Waals surface area contributed by atoms with Crippen molar-refractivity contribution >= 4 is 27.5 Å². The van der Waals surface area contributed by atoms with E-state index in [0.29, 0.717) is 43.2 Å². The molecular weight excluding hydrogens is 572 g/mol. The highest BCUT2D eigenvalue weighted by molar-refractivity contribution is 7.89. The maximum Gasteiger partial charge on any atom is 0.242 e. The van der Waals surface area contributed by atoms with Crippen LogP contribution in [0.5, 0.6) is 5.75 Å². The summed E-state index contributed by atoms with van der Waals surface area (Å²) in [4.78, 5) is 30.2. The van der Waals surface area contributed by atoms with Crippen LogP contribution < -0.4 is 10.1 Å². The molecule has 2 aromatic carbocycles. The number of aliphatic hydroxyl groups excluding tert-OH is 1. The molecule has 0 bridgehead atoms. The van der Waals surface area contributed by atoms with E-state index >= 15 is 0 Å². The predicted molar refractivity (Wildman–Crippen MR) is 163 cm³/mol. The quantitative estimate of drug-likeness (QED) is 0.416. The van der Waals surface area contributed by atoms with Gasteiger partial charge in [0, 0.05) is 56.8 Å². The van der Waals surface area contributed by atoms with Gasteiger partial charge in [-0.25, -0.2) is 8.42 Å². The number of hydrogen-bond acceptors (Lipinski definition) is 8. The van der Waals surface area contributed by atoms with E-state index in [0.717, 1.165) is 18.7 Å². The molecule has 0 radical (unpaired) electrons. The lowest BCUT2D eigenvalue weighted by molar-refractivity contribution is -0.134. The molecule has 2 aromatic rings. The average Bonchev–Trinajstić information content (AvgIpc) is 3.03. The van der Waals surface area contributed by atoms with E-state index in [1.54, 1.807) is 54.3 Å². The molecule has 0 aliphatic carbocycles. The second-order valence-corrected chi connectivity index (χ2v) is 13.6. The van der Waals surface area contributed by atoms with Crippen molar-refractivity contribution in [2.45, 2.75) is 50.7 Å². The van der Waals surface area contributed by atoms with Crippen LogP contribution in [0.15, 0.2) is 47.4 Å². The summed E-state index contributed by atoms with van der Waals surface area (Å²) in [5.74, 6) is -0.127. The van der Waals surface area contributed by atoms with Crippen LogP contribution in [-0.4, -0.2) is 111 Å². The summed E-state index contributed by atoms with van der Waals surface area (Å²) in [6, 6.07) is 11.4. The molecule has 3 atom stereocenters. The van der Waals surface area contributed by atoms with Crippen molar-refractivity contribution in [3.05, 3.63) is 53.6 Å². The fourth-order valence-electron chi connectivity index (χ4n) is 5.27. The summed E-state index contributed by atoms with van der Waals surface area (Å²) >= 11 is 0. The Labute approximate surface area is 254 Å². The van der Waals surface area contributed by atoms with Gasteiger partial charge in [-0.1, -0.05) is 24.6 Å². The number of morpholine rings is 1. The molecule has 0 unspecified atom stereocenters. The molecule has 2 aliphatic heterocycles. The van der Waals surface area contributed by atoms with Crippen LogP contribution in [0.3, 0.4) is 0 Å². The number of anilines is 1. The number of benzene rings is 2. The molecule has 12 heteroatoms. The second-order valence-electron chi connectivity index (χ2n) is 11.6. The number of rotatable bonds is 10. The van der Waals surface area contributed by atoms with Crippen LogP contribution in [0.1, 0.15) is 31.4 Å². The summed E-state index contributed by atoms with van der Waals surface area (Å²) < 4.78 is 39.9. The number of carbonyl (C=O) groups is 2. The van der Waals surface area contributed by atoms with Crippen LogP contribution in [-0.2, 0) is 30.8 Å². The summed E-state index contributed by atoms with van der Waals surface area (Å²) in [6.45, 7) is 9.27. The van der Waals surface area contributed by atoms with Crippen molar-refractivity contribution in [1.29, 1.82) is 0 Å². The Hall–Kier alpha value is -3.03. The van der Waals surface area contributed by atoms with Gasteiger partial charge in [-0.3, -0.25) is 14.5 Å². The maximum absolute atomic E-state index is 13.5. The van der Waals surface area contributed by atoms with Gasteiger partial charge in [0.05, 0.1) is 43.7 Å². The first kappa shape index (κ1) is 32.9. The lowest BCUT2D eigenvalue weighted by Gasteiger charge is -2.33. The number of amides is 2. The molecular formula is C31H44N4O7S. The van der Waals surface area contributed by atoms with E-state index in [1.165, 1.54) is 11.4 Å². The van der Waals surface area contributed by atoms with Crippen LogP contribution in [0.2, 0.25) is 0 Å². The summed E-state index contributed by atoms with van der Waals surface area (Å²) in [5, 5.41) is 12.8. The maximum atomic E-state index is 13.5. The number of aliphatic hydroxyl groups is 1. The van der Waals surface area contributed by atoms with E-state index in [9.17, 15) is 23.1 Å². The monoisotopic (exact) mass is 616 g/mol. The van der Waals surface area contributed by atoms with Gasteiger partial charge in [0.25, 0.3) is 0 Å². The van der Waals surface area contributed by atoms with Crippen molar-refractivity contribution < 1.29 is 32.6 Å². The number of sulfonamides is 1. The Morgan fingerprint density at radius 1 is 1.16 bits per heavy atom. The summed E-state index contributed by atoms with van der Waals surface area (Å²) in [5.41, 5.74) is 2.09. The number of hydrogen-bond donors (Lipinski definition) is 2. The van der Waals surface area contributed by atoms with Gasteiger partial charge in [-0.05, 0) is 44.2 Å². The van der Waals surface area contributed by atoms with Gasteiger partial charge < -0.3 is 24.8 Å². The zero-order chi connectivity index (χ0) is 31.1. The highest BCUT2D eigenvalue weighted by Gasteiger charge is 2.33. The molecule has 0 saturated carbocycles. The van der Waals surface area contributed by atoms with Gasteiger partial charge in [-0.15, -0.1) is 0 Å². The van der Waals surface area contributed by atoms with Crippen LogP contribution >= 0.6 is 0 Å². The number of nitrogens with one attached hydrogen (secondary N) is 1. The zero-order valence-corrected chi connectivity index (χ0v) is 26.3. The molecule has 2 aliphatic rings. The molecule has 2 N–H and O–H groups in total. The summed E-state index contributed by atoms with van der Waals surface area (Å²) in [7, 11) is -2.27.